The first kappa shape index (κ1) is 13.2. The van der Waals surface area contributed by atoms with E-state index in [0.717, 1.165) is 12.1 Å². The number of benzene rings is 1. The largest absolute Gasteiger partial charge is 0.508 e. The van der Waals surface area contributed by atoms with Crippen molar-refractivity contribution in [2.24, 2.45) is 5.41 Å². The highest BCUT2D eigenvalue weighted by Crippen LogP contribution is 2.43. The van der Waals surface area contributed by atoms with E-state index in [4.69, 9.17) is 0 Å². The van der Waals surface area contributed by atoms with Crippen molar-refractivity contribution in [2.75, 3.05) is 6.54 Å². The Labute approximate surface area is 109 Å². The van der Waals surface area contributed by atoms with Crippen LogP contribution in [0.5, 0.6) is 11.5 Å². The predicted molar refractivity (Wildman–Crippen MR) is 72.8 cm³/mol. The van der Waals surface area contributed by atoms with Gasteiger partial charge in [-0.25, -0.2) is 0 Å². The SMILES string of the molecule is CCC1(CNC(C)c2cc(O)cc(O)c2)CCC1. The second-order valence-electron chi connectivity index (χ2n) is 5.59. The van der Waals surface area contributed by atoms with Crippen LogP contribution in [0.1, 0.15) is 51.1 Å². The van der Waals surface area contributed by atoms with Crippen LogP contribution in [-0.4, -0.2) is 16.8 Å². The maximum atomic E-state index is 9.49. The fourth-order valence-corrected chi connectivity index (χ4v) is 2.69. The number of hydrogen-bond acceptors (Lipinski definition) is 3. The number of phenolic OH excluding ortho intramolecular Hbond substituents is 2. The van der Waals surface area contributed by atoms with Gasteiger partial charge in [0.1, 0.15) is 11.5 Å². The number of rotatable bonds is 5. The molecule has 1 saturated carbocycles. The molecule has 3 heteroatoms. The molecule has 0 bridgehead atoms. The van der Waals surface area contributed by atoms with E-state index in [2.05, 4.69) is 19.2 Å². The van der Waals surface area contributed by atoms with E-state index in [0.29, 0.717) is 5.41 Å². The van der Waals surface area contributed by atoms with Gasteiger partial charge in [-0.2, -0.15) is 0 Å². The van der Waals surface area contributed by atoms with Gasteiger partial charge in [-0.1, -0.05) is 13.3 Å². The smallest absolute Gasteiger partial charge is 0.119 e. The minimum Gasteiger partial charge on any atom is -0.508 e. The monoisotopic (exact) mass is 249 g/mol. The number of nitrogens with one attached hydrogen (secondary N) is 1. The summed E-state index contributed by atoms with van der Waals surface area (Å²) in [5.41, 5.74) is 1.41. The van der Waals surface area contributed by atoms with E-state index in [-0.39, 0.29) is 17.5 Å². The second kappa shape index (κ2) is 5.19. The van der Waals surface area contributed by atoms with Crippen LogP contribution < -0.4 is 5.32 Å². The zero-order valence-electron chi connectivity index (χ0n) is 11.2. The fraction of sp³-hybridized carbons (Fsp3) is 0.600. The first-order chi connectivity index (χ1) is 8.54. The molecule has 100 valence electrons. The van der Waals surface area contributed by atoms with Gasteiger partial charge >= 0.3 is 0 Å². The van der Waals surface area contributed by atoms with Crippen molar-refractivity contribution in [1.29, 1.82) is 0 Å². The molecule has 1 atom stereocenters. The molecule has 2 rings (SSSR count). The Hall–Kier alpha value is -1.22. The molecule has 3 nitrogen and oxygen atoms in total. The summed E-state index contributed by atoms with van der Waals surface area (Å²) in [6.07, 6.45) is 5.19. The molecule has 0 radical (unpaired) electrons. The Morgan fingerprint density at radius 3 is 2.28 bits per heavy atom. The normalized spacial score (nSPS) is 19.2. The lowest BCUT2D eigenvalue weighted by Gasteiger charge is -2.42. The Morgan fingerprint density at radius 2 is 1.83 bits per heavy atom. The number of phenols is 2. The van der Waals surface area contributed by atoms with Gasteiger partial charge in [0.15, 0.2) is 0 Å². The van der Waals surface area contributed by atoms with Crippen molar-refractivity contribution in [3.05, 3.63) is 23.8 Å². The van der Waals surface area contributed by atoms with Gasteiger partial charge in [-0.15, -0.1) is 0 Å². The molecule has 18 heavy (non-hydrogen) atoms. The molecule has 0 spiro atoms. The lowest BCUT2D eigenvalue weighted by Crippen LogP contribution is -2.40. The van der Waals surface area contributed by atoms with Crippen LogP contribution >= 0.6 is 0 Å². The average molecular weight is 249 g/mol. The van der Waals surface area contributed by atoms with Gasteiger partial charge < -0.3 is 15.5 Å². The second-order valence-corrected chi connectivity index (χ2v) is 5.59. The summed E-state index contributed by atoms with van der Waals surface area (Å²) in [5.74, 6) is 0.236. The van der Waals surface area contributed by atoms with E-state index in [1.807, 2.05) is 0 Å². The summed E-state index contributed by atoms with van der Waals surface area (Å²) >= 11 is 0. The Balaban J connectivity index is 1.96. The van der Waals surface area contributed by atoms with Crippen molar-refractivity contribution >= 4 is 0 Å². The third-order valence-corrected chi connectivity index (χ3v) is 4.37. The molecule has 0 aliphatic heterocycles. The van der Waals surface area contributed by atoms with Crippen LogP contribution in [0.4, 0.5) is 0 Å². The summed E-state index contributed by atoms with van der Waals surface area (Å²) < 4.78 is 0. The molecule has 0 amide bonds. The molecule has 1 aromatic rings. The molecule has 3 N–H and O–H groups in total. The molecule has 1 aliphatic carbocycles. The number of aromatic hydroxyl groups is 2. The summed E-state index contributed by atoms with van der Waals surface area (Å²) in [6.45, 7) is 5.34. The lowest BCUT2D eigenvalue weighted by atomic mass is 9.67. The highest BCUT2D eigenvalue weighted by molar-refractivity contribution is 5.37. The molecule has 0 heterocycles. The van der Waals surface area contributed by atoms with E-state index in [1.54, 1.807) is 12.1 Å². The fourth-order valence-electron chi connectivity index (χ4n) is 2.69. The topological polar surface area (TPSA) is 52.5 Å². The third-order valence-electron chi connectivity index (χ3n) is 4.37. The van der Waals surface area contributed by atoms with E-state index in [9.17, 15) is 10.2 Å². The highest BCUT2D eigenvalue weighted by atomic mass is 16.3. The van der Waals surface area contributed by atoms with Crippen molar-refractivity contribution in [1.82, 2.24) is 5.32 Å². The third kappa shape index (κ3) is 2.78. The molecule has 1 aliphatic rings. The van der Waals surface area contributed by atoms with Gasteiger partial charge in [0.25, 0.3) is 0 Å². The van der Waals surface area contributed by atoms with Crippen molar-refractivity contribution in [3.63, 3.8) is 0 Å². The van der Waals surface area contributed by atoms with Crippen molar-refractivity contribution in [2.45, 2.75) is 45.6 Å². The Morgan fingerprint density at radius 1 is 1.22 bits per heavy atom. The summed E-state index contributed by atoms with van der Waals surface area (Å²) in [4.78, 5) is 0. The van der Waals surface area contributed by atoms with Crippen LogP contribution in [0.2, 0.25) is 0 Å². The first-order valence-electron chi connectivity index (χ1n) is 6.81. The standard InChI is InChI=1S/C15H23NO2/c1-3-15(5-4-6-15)10-16-11(2)12-7-13(17)9-14(18)8-12/h7-9,11,16-18H,3-6,10H2,1-2H3. The molecular weight excluding hydrogens is 226 g/mol. The maximum absolute atomic E-state index is 9.49. The number of hydrogen-bond donors (Lipinski definition) is 3. The molecule has 0 aromatic heterocycles. The van der Waals surface area contributed by atoms with Crippen LogP contribution in [-0.2, 0) is 0 Å². The van der Waals surface area contributed by atoms with E-state index in [1.165, 1.54) is 31.7 Å². The van der Waals surface area contributed by atoms with Gasteiger partial charge in [0.2, 0.25) is 0 Å². The van der Waals surface area contributed by atoms with E-state index < -0.39 is 0 Å². The molecule has 1 fully saturated rings. The van der Waals surface area contributed by atoms with Crippen molar-refractivity contribution < 1.29 is 10.2 Å². The molecular formula is C15H23NO2. The zero-order chi connectivity index (χ0) is 13.2. The molecule has 0 saturated heterocycles. The van der Waals surface area contributed by atoms with Gasteiger partial charge in [0.05, 0.1) is 0 Å². The van der Waals surface area contributed by atoms with Crippen molar-refractivity contribution in [3.8, 4) is 11.5 Å². The van der Waals surface area contributed by atoms with Crippen LogP contribution in [0.3, 0.4) is 0 Å². The van der Waals surface area contributed by atoms with Crippen LogP contribution in [0.25, 0.3) is 0 Å². The van der Waals surface area contributed by atoms with Crippen LogP contribution in [0, 0.1) is 5.41 Å². The molecule has 1 aromatic carbocycles. The quantitative estimate of drug-likeness (QED) is 0.750. The molecule has 1 unspecified atom stereocenters. The van der Waals surface area contributed by atoms with Crippen LogP contribution in [0.15, 0.2) is 18.2 Å². The predicted octanol–water partition coefficient (Wildman–Crippen LogP) is 3.33. The minimum atomic E-state index is 0.118. The lowest BCUT2D eigenvalue weighted by molar-refractivity contribution is 0.120. The van der Waals surface area contributed by atoms with E-state index >= 15 is 0 Å². The first-order valence-corrected chi connectivity index (χ1v) is 6.81. The summed E-state index contributed by atoms with van der Waals surface area (Å²) in [7, 11) is 0. The van der Waals surface area contributed by atoms with Gasteiger partial charge in [-0.05, 0) is 49.3 Å². The highest BCUT2D eigenvalue weighted by Gasteiger charge is 2.34. The minimum absolute atomic E-state index is 0.118. The zero-order valence-corrected chi connectivity index (χ0v) is 11.2. The van der Waals surface area contributed by atoms with Gasteiger partial charge in [0, 0.05) is 18.7 Å². The summed E-state index contributed by atoms with van der Waals surface area (Å²) in [5, 5.41) is 22.5. The van der Waals surface area contributed by atoms with Gasteiger partial charge in [-0.3, -0.25) is 0 Å². The summed E-state index contributed by atoms with van der Waals surface area (Å²) in [6, 6.07) is 4.91. The maximum Gasteiger partial charge on any atom is 0.119 e. The Kier molecular flexibility index (Phi) is 3.81. The Bertz CT molecular complexity index is 387. The average Bonchev–Trinajstić information content (AvgIpc) is 2.26.